The maximum atomic E-state index is 12.5. The molecule has 0 aliphatic carbocycles. The first-order valence-electron chi connectivity index (χ1n) is 7.24. The van der Waals surface area contributed by atoms with Crippen LogP contribution in [0.2, 0.25) is 5.02 Å². The minimum Gasteiger partial charge on any atom is -0.383 e. The molecule has 0 fully saturated rings. The lowest BCUT2D eigenvalue weighted by Crippen LogP contribution is -2.34. The number of carbonyl (C=O) groups is 1. The van der Waals surface area contributed by atoms with Crippen LogP contribution in [0.1, 0.15) is 11.1 Å². The Balaban J connectivity index is 2.03. The molecule has 2 aromatic carbocycles. The van der Waals surface area contributed by atoms with Crippen molar-refractivity contribution in [1.82, 2.24) is 4.90 Å². The molecule has 0 aromatic heterocycles. The summed E-state index contributed by atoms with van der Waals surface area (Å²) in [4.78, 5) is 14.4. The molecular formula is C18H20ClNO2. The van der Waals surface area contributed by atoms with Crippen molar-refractivity contribution in [2.75, 3.05) is 20.3 Å². The molecule has 0 atom stereocenters. The molecule has 0 bridgehead atoms. The van der Waals surface area contributed by atoms with Crippen LogP contribution in [0.4, 0.5) is 0 Å². The zero-order valence-electron chi connectivity index (χ0n) is 12.7. The van der Waals surface area contributed by atoms with Crippen LogP contribution in [0.5, 0.6) is 0 Å². The Morgan fingerprint density at radius 3 is 2.36 bits per heavy atom. The molecular weight excluding hydrogens is 298 g/mol. The van der Waals surface area contributed by atoms with Gasteiger partial charge in [0, 0.05) is 25.2 Å². The van der Waals surface area contributed by atoms with Crippen molar-refractivity contribution in [2.24, 2.45) is 0 Å². The fourth-order valence-corrected chi connectivity index (χ4v) is 2.31. The Hall–Kier alpha value is -1.84. The van der Waals surface area contributed by atoms with Gasteiger partial charge in [0.05, 0.1) is 13.0 Å². The van der Waals surface area contributed by atoms with Crippen molar-refractivity contribution in [3.8, 4) is 0 Å². The molecule has 0 unspecified atom stereocenters. The standard InChI is InChI=1S/C18H20ClNO2/c1-22-12-11-20(14-16-5-3-2-4-6-16)18(21)13-15-7-9-17(19)10-8-15/h2-10H,11-14H2,1H3. The number of ether oxygens (including phenoxy) is 1. The zero-order chi connectivity index (χ0) is 15.8. The highest BCUT2D eigenvalue weighted by atomic mass is 35.5. The summed E-state index contributed by atoms with van der Waals surface area (Å²) in [6.07, 6.45) is 0.369. The molecule has 0 saturated heterocycles. The van der Waals surface area contributed by atoms with E-state index in [-0.39, 0.29) is 5.91 Å². The van der Waals surface area contributed by atoms with Crippen molar-refractivity contribution >= 4 is 17.5 Å². The number of benzene rings is 2. The van der Waals surface area contributed by atoms with Crippen LogP contribution < -0.4 is 0 Å². The molecule has 1 amide bonds. The minimum atomic E-state index is 0.0863. The van der Waals surface area contributed by atoms with Gasteiger partial charge in [-0.05, 0) is 23.3 Å². The summed E-state index contributed by atoms with van der Waals surface area (Å²) in [6.45, 7) is 1.70. The molecule has 0 saturated carbocycles. The van der Waals surface area contributed by atoms with Crippen molar-refractivity contribution in [3.05, 3.63) is 70.7 Å². The van der Waals surface area contributed by atoms with E-state index in [0.717, 1.165) is 11.1 Å². The number of hydrogen-bond acceptors (Lipinski definition) is 2. The van der Waals surface area contributed by atoms with Gasteiger partial charge in [0.25, 0.3) is 0 Å². The minimum absolute atomic E-state index is 0.0863. The molecule has 4 heteroatoms. The van der Waals surface area contributed by atoms with Gasteiger partial charge in [-0.1, -0.05) is 54.1 Å². The first-order valence-corrected chi connectivity index (χ1v) is 7.62. The molecule has 22 heavy (non-hydrogen) atoms. The molecule has 2 aromatic rings. The van der Waals surface area contributed by atoms with Gasteiger partial charge in [0.2, 0.25) is 5.91 Å². The molecule has 0 spiro atoms. The maximum absolute atomic E-state index is 12.5. The lowest BCUT2D eigenvalue weighted by Gasteiger charge is -2.22. The Kier molecular flexibility index (Phi) is 6.44. The predicted octanol–water partition coefficient (Wildman–Crippen LogP) is 3.56. The van der Waals surface area contributed by atoms with Crippen LogP contribution in [0.15, 0.2) is 54.6 Å². The van der Waals surface area contributed by atoms with Crippen molar-refractivity contribution in [2.45, 2.75) is 13.0 Å². The monoisotopic (exact) mass is 317 g/mol. The fourth-order valence-electron chi connectivity index (χ4n) is 2.19. The number of carbonyl (C=O) groups excluding carboxylic acids is 1. The van der Waals surface area contributed by atoms with E-state index in [1.807, 2.05) is 47.4 Å². The number of halogens is 1. The van der Waals surface area contributed by atoms with Gasteiger partial charge in [-0.3, -0.25) is 4.79 Å². The topological polar surface area (TPSA) is 29.5 Å². The molecule has 3 nitrogen and oxygen atoms in total. The average Bonchev–Trinajstić information content (AvgIpc) is 2.54. The van der Waals surface area contributed by atoms with Crippen LogP contribution in [0, 0.1) is 0 Å². The highest BCUT2D eigenvalue weighted by Crippen LogP contribution is 2.12. The van der Waals surface area contributed by atoms with Crippen molar-refractivity contribution < 1.29 is 9.53 Å². The second-order valence-corrected chi connectivity index (χ2v) is 5.53. The van der Waals surface area contributed by atoms with Gasteiger partial charge < -0.3 is 9.64 Å². The smallest absolute Gasteiger partial charge is 0.227 e. The number of hydrogen-bond donors (Lipinski definition) is 0. The molecule has 116 valence electrons. The van der Waals surface area contributed by atoms with E-state index in [4.69, 9.17) is 16.3 Å². The van der Waals surface area contributed by atoms with Gasteiger partial charge >= 0.3 is 0 Å². The lowest BCUT2D eigenvalue weighted by molar-refractivity contribution is -0.131. The Morgan fingerprint density at radius 1 is 1.05 bits per heavy atom. The van der Waals surface area contributed by atoms with E-state index in [2.05, 4.69) is 0 Å². The second kappa shape index (κ2) is 8.57. The van der Waals surface area contributed by atoms with Crippen LogP contribution in [-0.4, -0.2) is 31.1 Å². The van der Waals surface area contributed by atoms with Crippen LogP contribution in [0.3, 0.4) is 0 Å². The van der Waals surface area contributed by atoms with Gasteiger partial charge in [-0.15, -0.1) is 0 Å². The van der Waals surface area contributed by atoms with E-state index in [1.165, 1.54) is 0 Å². The predicted molar refractivity (Wildman–Crippen MR) is 88.9 cm³/mol. The van der Waals surface area contributed by atoms with E-state index in [0.29, 0.717) is 31.1 Å². The maximum Gasteiger partial charge on any atom is 0.227 e. The van der Waals surface area contributed by atoms with Gasteiger partial charge in [-0.25, -0.2) is 0 Å². The Morgan fingerprint density at radius 2 is 1.73 bits per heavy atom. The third-order valence-electron chi connectivity index (χ3n) is 3.40. The third-order valence-corrected chi connectivity index (χ3v) is 3.65. The molecule has 2 rings (SSSR count). The summed E-state index contributed by atoms with van der Waals surface area (Å²) in [5.74, 6) is 0.0863. The van der Waals surface area contributed by atoms with Crippen LogP contribution >= 0.6 is 11.6 Å². The summed E-state index contributed by atoms with van der Waals surface area (Å²) in [7, 11) is 1.64. The molecule has 0 radical (unpaired) electrons. The first-order chi connectivity index (χ1) is 10.7. The Bertz CT molecular complexity index is 584. The molecule has 0 aliphatic rings. The summed E-state index contributed by atoms with van der Waals surface area (Å²) in [5.41, 5.74) is 2.08. The van der Waals surface area contributed by atoms with Gasteiger partial charge in [0.1, 0.15) is 0 Å². The highest BCUT2D eigenvalue weighted by molar-refractivity contribution is 6.30. The SMILES string of the molecule is COCCN(Cc1ccccc1)C(=O)Cc1ccc(Cl)cc1. The normalized spacial score (nSPS) is 10.5. The van der Waals surface area contributed by atoms with E-state index in [1.54, 1.807) is 19.2 Å². The molecule has 0 N–H and O–H groups in total. The summed E-state index contributed by atoms with van der Waals surface area (Å²) >= 11 is 5.87. The van der Waals surface area contributed by atoms with E-state index in [9.17, 15) is 4.79 Å². The number of methoxy groups -OCH3 is 1. The van der Waals surface area contributed by atoms with Crippen molar-refractivity contribution in [3.63, 3.8) is 0 Å². The Labute approximate surface area is 136 Å². The fraction of sp³-hybridized carbons (Fsp3) is 0.278. The summed E-state index contributed by atoms with van der Waals surface area (Å²) in [5, 5.41) is 0.678. The van der Waals surface area contributed by atoms with Gasteiger partial charge in [0.15, 0.2) is 0 Å². The van der Waals surface area contributed by atoms with Crippen LogP contribution in [-0.2, 0) is 22.5 Å². The molecule has 0 aliphatic heterocycles. The second-order valence-electron chi connectivity index (χ2n) is 5.10. The highest BCUT2D eigenvalue weighted by Gasteiger charge is 2.14. The quantitative estimate of drug-likeness (QED) is 0.781. The summed E-state index contributed by atoms with van der Waals surface area (Å²) < 4.78 is 5.11. The lowest BCUT2D eigenvalue weighted by atomic mass is 10.1. The van der Waals surface area contributed by atoms with E-state index < -0.39 is 0 Å². The van der Waals surface area contributed by atoms with Gasteiger partial charge in [-0.2, -0.15) is 0 Å². The zero-order valence-corrected chi connectivity index (χ0v) is 13.4. The number of rotatable bonds is 7. The summed E-state index contributed by atoms with van der Waals surface area (Å²) in [6, 6.07) is 17.4. The van der Waals surface area contributed by atoms with Crippen LogP contribution in [0.25, 0.3) is 0 Å². The van der Waals surface area contributed by atoms with Crippen molar-refractivity contribution in [1.29, 1.82) is 0 Å². The third kappa shape index (κ3) is 5.17. The number of nitrogens with zero attached hydrogens (tertiary/aromatic N) is 1. The van der Waals surface area contributed by atoms with E-state index >= 15 is 0 Å². The average molecular weight is 318 g/mol. The largest absolute Gasteiger partial charge is 0.383 e. The molecule has 0 heterocycles. The number of amides is 1. The first kappa shape index (κ1) is 16.5.